The van der Waals surface area contributed by atoms with Gasteiger partial charge in [0.15, 0.2) is 0 Å². The summed E-state index contributed by atoms with van der Waals surface area (Å²) < 4.78 is 1.99. The van der Waals surface area contributed by atoms with E-state index in [4.69, 9.17) is 0 Å². The zero-order valence-corrected chi connectivity index (χ0v) is 9.72. The van der Waals surface area contributed by atoms with Crippen molar-refractivity contribution in [2.24, 2.45) is 0 Å². The summed E-state index contributed by atoms with van der Waals surface area (Å²) >= 11 is 0. The normalized spacial score (nSPS) is 11.1. The molecule has 0 radical (unpaired) electrons. The Hall–Kier alpha value is -2.10. The fourth-order valence-electron chi connectivity index (χ4n) is 1.99. The number of pyridine rings is 1. The number of hydrogen-bond acceptors (Lipinski definition) is 3. The fourth-order valence-corrected chi connectivity index (χ4v) is 1.99. The fraction of sp³-hybridized carbons (Fsp3) is 0.231. The van der Waals surface area contributed by atoms with Crippen LogP contribution in [-0.4, -0.2) is 21.2 Å². The van der Waals surface area contributed by atoms with Crippen molar-refractivity contribution in [3.8, 4) is 0 Å². The molecule has 0 aliphatic heterocycles. The third kappa shape index (κ3) is 1.62. The molecule has 4 heteroatoms. The Morgan fingerprint density at radius 1 is 1.18 bits per heavy atom. The predicted molar refractivity (Wildman–Crippen MR) is 69.6 cm³/mol. The molecule has 17 heavy (non-hydrogen) atoms. The van der Waals surface area contributed by atoms with E-state index in [2.05, 4.69) is 28.4 Å². The number of fused-ring (bicyclic) bond motifs is 3. The highest BCUT2D eigenvalue weighted by Crippen LogP contribution is 2.21. The number of para-hydroxylation sites is 1. The average Bonchev–Trinajstić information content (AvgIpc) is 2.80. The van der Waals surface area contributed by atoms with E-state index in [0.717, 1.165) is 34.9 Å². The maximum Gasteiger partial charge on any atom is 0.115 e. The van der Waals surface area contributed by atoms with Gasteiger partial charge in [0.05, 0.1) is 11.7 Å². The van der Waals surface area contributed by atoms with E-state index >= 15 is 0 Å². The number of aromatic nitrogens is 3. The molecular weight excluding hydrogens is 212 g/mol. The highest BCUT2D eigenvalue weighted by molar-refractivity contribution is 6.01. The Morgan fingerprint density at radius 2 is 2.06 bits per heavy atom. The summed E-state index contributed by atoms with van der Waals surface area (Å²) in [4.78, 5) is 8.76. The van der Waals surface area contributed by atoms with Gasteiger partial charge in [-0.3, -0.25) is 4.98 Å². The van der Waals surface area contributed by atoms with Gasteiger partial charge in [-0.25, -0.2) is 9.66 Å². The Bertz CT molecular complexity index is 657. The van der Waals surface area contributed by atoms with E-state index in [1.165, 1.54) is 0 Å². The van der Waals surface area contributed by atoms with Gasteiger partial charge in [0.25, 0.3) is 0 Å². The lowest BCUT2D eigenvalue weighted by molar-refractivity contribution is 0.826. The van der Waals surface area contributed by atoms with Crippen molar-refractivity contribution >= 4 is 21.9 Å². The molecule has 0 spiro atoms. The van der Waals surface area contributed by atoms with Crippen molar-refractivity contribution in [1.82, 2.24) is 14.6 Å². The van der Waals surface area contributed by atoms with Gasteiger partial charge in [-0.2, -0.15) is 0 Å². The Morgan fingerprint density at radius 3 is 2.94 bits per heavy atom. The molecule has 0 bridgehead atoms. The summed E-state index contributed by atoms with van der Waals surface area (Å²) in [6.07, 6.45) is 4.72. The number of rotatable bonds is 3. The van der Waals surface area contributed by atoms with Crippen LogP contribution in [0.2, 0.25) is 0 Å². The molecule has 0 aliphatic carbocycles. The van der Waals surface area contributed by atoms with Crippen molar-refractivity contribution in [3.05, 3.63) is 36.8 Å². The molecule has 2 aromatic heterocycles. The molecule has 0 saturated heterocycles. The highest BCUT2D eigenvalue weighted by Gasteiger charge is 2.07. The third-order valence-electron chi connectivity index (χ3n) is 2.81. The highest BCUT2D eigenvalue weighted by atomic mass is 15.4. The second-order valence-corrected chi connectivity index (χ2v) is 4.03. The van der Waals surface area contributed by atoms with E-state index in [9.17, 15) is 0 Å². The molecule has 3 aromatic rings. The van der Waals surface area contributed by atoms with Crippen LogP contribution in [0.4, 0.5) is 0 Å². The summed E-state index contributed by atoms with van der Waals surface area (Å²) in [6.45, 7) is 3.08. The van der Waals surface area contributed by atoms with Gasteiger partial charge in [-0.05, 0) is 12.5 Å². The van der Waals surface area contributed by atoms with Gasteiger partial charge in [0.1, 0.15) is 17.4 Å². The van der Waals surface area contributed by atoms with Crippen molar-refractivity contribution in [2.45, 2.75) is 13.3 Å². The van der Waals surface area contributed by atoms with Gasteiger partial charge in [-0.1, -0.05) is 25.1 Å². The van der Waals surface area contributed by atoms with Gasteiger partial charge in [-0.15, -0.1) is 0 Å². The van der Waals surface area contributed by atoms with Crippen molar-refractivity contribution in [3.63, 3.8) is 0 Å². The second kappa shape index (κ2) is 4.05. The Kier molecular flexibility index (Phi) is 2.40. The number of benzene rings is 1. The maximum atomic E-state index is 4.40. The van der Waals surface area contributed by atoms with E-state index in [1.54, 1.807) is 0 Å². The molecule has 2 heterocycles. The van der Waals surface area contributed by atoms with Crippen LogP contribution in [0.15, 0.2) is 36.8 Å². The molecule has 4 nitrogen and oxygen atoms in total. The van der Waals surface area contributed by atoms with Crippen LogP contribution < -0.4 is 5.43 Å². The van der Waals surface area contributed by atoms with Gasteiger partial charge >= 0.3 is 0 Å². The monoisotopic (exact) mass is 226 g/mol. The summed E-state index contributed by atoms with van der Waals surface area (Å²) in [5.74, 6) is 0. The first-order valence-corrected chi connectivity index (χ1v) is 5.85. The molecule has 0 aliphatic rings. The number of nitrogens with zero attached hydrogens (tertiary/aromatic N) is 3. The molecule has 0 saturated carbocycles. The van der Waals surface area contributed by atoms with E-state index < -0.39 is 0 Å². The molecule has 0 atom stereocenters. The largest absolute Gasteiger partial charge is 0.324 e. The molecule has 0 fully saturated rings. The Balaban J connectivity index is 2.27. The minimum absolute atomic E-state index is 0.923. The first-order valence-electron chi connectivity index (χ1n) is 5.85. The van der Waals surface area contributed by atoms with Crippen LogP contribution in [0.5, 0.6) is 0 Å². The smallest absolute Gasteiger partial charge is 0.115 e. The summed E-state index contributed by atoms with van der Waals surface area (Å²) in [7, 11) is 0. The van der Waals surface area contributed by atoms with Crippen LogP contribution in [0.3, 0.4) is 0 Å². The van der Waals surface area contributed by atoms with Gasteiger partial charge in [0.2, 0.25) is 0 Å². The molecule has 0 amide bonds. The average molecular weight is 226 g/mol. The molecule has 1 N–H and O–H groups in total. The topological polar surface area (TPSA) is 42.7 Å². The third-order valence-corrected chi connectivity index (χ3v) is 2.81. The summed E-state index contributed by atoms with van der Waals surface area (Å²) in [5.41, 5.74) is 6.36. The first kappa shape index (κ1) is 10.1. The lowest BCUT2D eigenvalue weighted by Gasteiger charge is -2.08. The number of nitrogens with one attached hydrogen (secondary N) is 1. The van der Waals surface area contributed by atoms with Gasteiger partial charge in [0, 0.05) is 11.9 Å². The zero-order valence-electron chi connectivity index (χ0n) is 9.72. The van der Waals surface area contributed by atoms with Crippen LogP contribution in [0, 0.1) is 0 Å². The minimum Gasteiger partial charge on any atom is -0.324 e. The zero-order chi connectivity index (χ0) is 11.7. The standard InChI is InChI=1S/C13H14N4/c1-2-7-16-17-9-15-12-8-14-11-6-4-3-5-10(11)13(12)17/h3-6,8-9,16H,2,7H2,1H3. The summed E-state index contributed by atoms with van der Waals surface area (Å²) in [5, 5.41) is 1.13. The SMILES string of the molecule is CCCNn1cnc2cnc3ccccc3c21. The van der Waals surface area contributed by atoms with E-state index in [1.807, 2.05) is 35.4 Å². The van der Waals surface area contributed by atoms with Crippen LogP contribution in [-0.2, 0) is 0 Å². The number of hydrogen-bond donors (Lipinski definition) is 1. The molecule has 1 aromatic carbocycles. The molecular formula is C13H14N4. The Labute approximate surface area is 99.3 Å². The lowest BCUT2D eigenvalue weighted by Crippen LogP contribution is -2.14. The quantitative estimate of drug-likeness (QED) is 0.746. The van der Waals surface area contributed by atoms with Crippen molar-refractivity contribution < 1.29 is 0 Å². The van der Waals surface area contributed by atoms with Crippen LogP contribution in [0.25, 0.3) is 21.9 Å². The predicted octanol–water partition coefficient (Wildman–Crippen LogP) is 2.54. The minimum atomic E-state index is 0.923. The van der Waals surface area contributed by atoms with E-state index in [-0.39, 0.29) is 0 Å². The van der Waals surface area contributed by atoms with Crippen LogP contribution in [0.1, 0.15) is 13.3 Å². The number of imidazole rings is 1. The first-order chi connectivity index (χ1) is 8.40. The van der Waals surface area contributed by atoms with Gasteiger partial charge < -0.3 is 5.43 Å². The lowest BCUT2D eigenvalue weighted by atomic mass is 10.2. The van der Waals surface area contributed by atoms with E-state index in [0.29, 0.717) is 0 Å². The van der Waals surface area contributed by atoms with Crippen molar-refractivity contribution in [1.29, 1.82) is 0 Å². The molecule has 0 unspecified atom stereocenters. The van der Waals surface area contributed by atoms with Crippen LogP contribution >= 0.6 is 0 Å². The van der Waals surface area contributed by atoms with Crippen molar-refractivity contribution in [2.75, 3.05) is 12.0 Å². The maximum absolute atomic E-state index is 4.40. The second-order valence-electron chi connectivity index (χ2n) is 4.03. The summed E-state index contributed by atoms with van der Waals surface area (Å²) in [6, 6.07) is 8.13. The molecule has 3 rings (SSSR count). The molecule has 86 valence electrons.